The van der Waals surface area contributed by atoms with Crippen molar-refractivity contribution >= 4 is 30.4 Å². The third-order valence-electron chi connectivity index (χ3n) is 6.11. The summed E-state index contributed by atoms with van der Waals surface area (Å²) in [5, 5.41) is 10.9. The van der Waals surface area contributed by atoms with Crippen molar-refractivity contribution in [3.05, 3.63) is 138 Å². The van der Waals surface area contributed by atoms with E-state index < -0.39 is 14.4 Å². The summed E-state index contributed by atoms with van der Waals surface area (Å²) in [7, 11) is -7.31. The van der Waals surface area contributed by atoms with Gasteiger partial charge >= 0.3 is 7.18 Å². The highest BCUT2D eigenvalue weighted by Crippen LogP contribution is 2.55. The van der Waals surface area contributed by atoms with Crippen LogP contribution in [0.15, 0.2) is 138 Å². The second kappa shape index (κ2) is 16.1. The average Bonchev–Trinajstić information content (AvgIpc) is 2.90. The van der Waals surface area contributed by atoms with E-state index in [2.05, 4.69) is 149 Å². The predicted molar refractivity (Wildman–Crippen MR) is 167 cm³/mol. The van der Waals surface area contributed by atoms with Crippen LogP contribution in [0.1, 0.15) is 40.5 Å². The number of halogens is 3. The van der Waals surface area contributed by atoms with E-state index in [1.807, 2.05) is 0 Å². The minimum absolute atomic E-state index is 1.00. The largest absolute Gasteiger partial charge is 0.635 e. The molecule has 206 valence electrons. The molecule has 0 saturated heterocycles. The van der Waals surface area contributed by atoms with E-state index in [9.17, 15) is 12.9 Å². The van der Waals surface area contributed by atoms with Crippen molar-refractivity contribution in [1.29, 1.82) is 0 Å². The molecular weight excluding hydrogens is 511 g/mol. The van der Waals surface area contributed by atoms with Crippen molar-refractivity contribution in [3.8, 4) is 0 Å². The Morgan fingerprint density at radius 3 is 1.51 bits per heavy atom. The van der Waals surface area contributed by atoms with Gasteiger partial charge in [-0.05, 0) is 83.0 Å². The molecule has 0 fully saturated rings. The lowest BCUT2D eigenvalue weighted by Gasteiger charge is -2.26. The van der Waals surface area contributed by atoms with Crippen LogP contribution in [0, 0.1) is 0 Å². The van der Waals surface area contributed by atoms with Gasteiger partial charge in [-0.15, -0.1) is 0 Å². The minimum atomic E-state index is -5.50. The molecule has 1 nitrogen and oxygen atoms in total. The molecule has 0 aliphatic rings. The van der Waals surface area contributed by atoms with Crippen molar-refractivity contribution in [3.63, 3.8) is 0 Å². The summed E-state index contributed by atoms with van der Waals surface area (Å²) in [5.41, 5.74) is 4.12. The molecule has 3 rings (SSSR count). The van der Waals surface area contributed by atoms with Gasteiger partial charge in [0.25, 0.3) is 0 Å². The lowest BCUT2D eigenvalue weighted by molar-refractivity contribution is 0.284. The standard InChI is InChI=1S/C33H38P.BF3HO/c1-28(2)16-14-17-29(3)18-15-19-30(4)26-27-34(31-20-8-5-9-21-31,32-22-10-6-11-23-32)33-24-12-7-13-25-33;2-1(3,4)5/h5-13,15-16,18-26H,14,17,27H2,1-4H3;5H/q+1;-1. The van der Waals surface area contributed by atoms with Gasteiger partial charge in [0.15, 0.2) is 0 Å². The van der Waals surface area contributed by atoms with Gasteiger partial charge in [0.05, 0.1) is 6.16 Å². The second-order valence-electron chi connectivity index (χ2n) is 9.68. The molecular formula is C33H39BF3OP. The highest BCUT2D eigenvalue weighted by atomic mass is 31.2. The van der Waals surface area contributed by atoms with Crippen LogP contribution in [-0.2, 0) is 0 Å². The van der Waals surface area contributed by atoms with Gasteiger partial charge in [0.1, 0.15) is 23.2 Å². The Hall–Kier alpha value is -3.14. The smallest absolute Gasteiger partial charge is 0.523 e. The predicted octanol–water partition coefficient (Wildman–Crippen LogP) is 8.50. The third-order valence-corrected chi connectivity index (χ3v) is 10.4. The molecule has 0 aliphatic carbocycles. The number of hydrogen-bond donors (Lipinski definition) is 1. The topological polar surface area (TPSA) is 20.2 Å². The van der Waals surface area contributed by atoms with E-state index in [1.165, 1.54) is 32.6 Å². The molecule has 0 heterocycles. The van der Waals surface area contributed by atoms with Crippen LogP contribution in [0.5, 0.6) is 0 Å². The highest BCUT2D eigenvalue weighted by molar-refractivity contribution is 7.95. The molecule has 6 heteroatoms. The maximum absolute atomic E-state index is 9.97. The van der Waals surface area contributed by atoms with Crippen LogP contribution in [0.4, 0.5) is 12.9 Å². The molecule has 3 aromatic carbocycles. The lowest BCUT2D eigenvalue weighted by Crippen LogP contribution is -2.33. The quantitative estimate of drug-likeness (QED) is 0.116. The van der Waals surface area contributed by atoms with Crippen LogP contribution in [0.25, 0.3) is 0 Å². The fourth-order valence-corrected chi connectivity index (χ4v) is 8.33. The Kier molecular flexibility index (Phi) is 13.2. The average molecular weight is 550 g/mol. The van der Waals surface area contributed by atoms with Crippen LogP contribution in [0.3, 0.4) is 0 Å². The zero-order chi connectivity index (χ0) is 28.7. The van der Waals surface area contributed by atoms with E-state index in [-0.39, 0.29) is 0 Å². The molecule has 0 atom stereocenters. The first-order valence-electron chi connectivity index (χ1n) is 13.1. The van der Waals surface area contributed by atoms with Gasteiger partial charge in [0, 0.05) is 0 Å². The Morgan fingerprint density at radius 1 is 0.718 bits per heavy atom. The molecule has 0 saturated carbocycles. The van der Waals surface area contributed by atoms with E-state index >= 15 is 0 Å². The maximum atomic E-state index is 9.97. The van der Waals surface area contributed by atoms with Crippen molar-refractivity contribution in [2.45, 2.75) is 40.5 Å². The zero-order valence-corrected chi connectivity index (χ0v) is 24.2. The van der Waals surface area contributed by atoms with Crippen LogP contribution in [0.2, 0.25) is 0 Å². The fraction of sp³-hybridized carbons (Fsp3) is 0.212. The monoisotopic (exact) mass is 550 g/mol. The van der Waals surface area contributed by atoms with Crippen LogP contribution in [-0.4, -0.2) is 18.4 Å². The molecule has 3 aromatic rings. The molecule has 39 heavy (non-hydrogen) atoms. The summed E-state index contributed by atoms with van der Waals surface area (Å²) < 4.78 is 29.9. The first kappa shape index (κ1) is 32.1. The van der Waals surface area contributed by atoms with Gasteiger partial charge in [-0.3, -0.25) is 0 Å². The van der Waals surface area contributed by atoms with Crippen molar-refractivity contribution in [2.75, 3.05) is 6.16 Å². The van der Waals surface area contributed by atoms with E-state index in [0.29, 0.717) is 0 Å². The summed E-state index contributed by atoms with van der Waals surface area (Å²) >= 11 is 0. The van der Waals surface area contributed by atoms with Crippen LogP contribution < -0.4 is 15.9 Å². The Labute approximate surface area is 232 Å². The second-order valence-corrected chi connectivity index (χ2v) is 13.2. The molecule has 0 aliphatic heterocycles. The van der Waals surface area contributed by atoms with Crippen molar-refractivity contribution < 1.29 is 18.0 Å². The molecule has 0 amide bonds. The van der Waals surface area contributed by atoms with Crippen molar-refractivity contribution in [2.24, 2.45) is 0 Å². The van der Waals surface area contributed by atoms with Gasteiger partial charge in [-0.1, -0.05) is 95.6 Å². The summed E-state index contributed by atoms with van der Waals surface area (Å²) in [6, 6.07) is 33.3. The summed E-state index contributed by atoms with van der Waals surface area (Å²) in [4.78, 5) is 0. The summed E-state index contributed by atoms with van der Waals surface area (Å²) in [5.74, 6) is 0. The molecule has 0 spiro atoms. The summed E-state index contributed by atoms with van der Waals surface area (Å²) in [6.07, 6.45) is 14.7. The van der Waals surface area contributed by atoms with Crippen molar-refractivity contribution in [1.82, 2.24) is 0 Å². The van der Waals surface area contributed by atoms with Gasteiger partial charge in [0.2, 0.25) is 0 Å². The Bertz CT molecular complexity index is 1140. The minimum Gasteiger partial charge on any atom is -0.523 e. The lowest BCUT2D eigenvalue weighted by atomic mass is 10.1. The fourth-order valence-electron chi connectivity index (χ4n) is 4.20. The maximum Gasteiger partial charge on any atom is 0.635 e. The van der Waals surface area contributed by atoms with Gasteiger partial charge in [-0.2, -0.15) is 0 Å². The molecule has 0 unspecified atom stereocenters. The van der Waals surface area contributed by atoms with E-state index in [0.717, 1.165) is 19.0 Å². The normalized spacial score (nSPS) is 12.6. The Morgan fingerprint density at radius 2 is 1.13 bits per heavy atom. The SMILES string of the molecule is CC(C)=CCCC(C)=CC=CC(C)=CC[P+](c1ccccc1)(c1ccccc1)c1ccccc1.O[B-](F)(F)F. The molecule has 0 bridgehead atoms. The number of hydrogen-bond acceptors (Lipinski definition) is 1. The molecule has 1 N–H and O–H groups in total. The zero-order valence-electron chi connectivity index (χ0n) is 23.3. The van der Waals surface area contributed by atoms with Crippen LogP contribution >= 0.6 is 7.26 Å². The number of benzene rings is 3. The number of rotatable bonds is 10. The van der Waals surface area contributed by atoms with E-state index in [4.69, 9.17) is 5.02 Å². The highest BCUT2D eigenvalue weighted by Gasteiger charge is 2.44. The summed E-state index contributed by atoms with van der Waals surface area (Å²) in [6.45, 7) is 8.77. The first-order chi connectivity index (χ1) is 18.5. The molecule has 0 aromatic heterocycles. The van der Waals surface area contributed by atoms with Gasteiger partial charge < -0.3 is 18.0 Å². The molecule has 0 radical (unpaired) electrons. The first-order valence-corrected chi connectivity index (χ1v) is 15.1. The third kappa shape index (κ3) is 11.6. The Balaban J connectivity index is 0.000000976. The van der Waals surface area contributed by atoms with E-state index in [1.54, 1.807) is 0 Å². The number of allylic oxidation sites excluding steroid dienone is 8. The van der Waals surface area contributed by atoms with Gasteiger partial charge in [-0.25, -0.2) is 0 Å².